The van der Waals surface area contributed by atoms with Crippen LogP contribution in [0.1, 0.15) is 54.4 Å². The van der Waals surface area contributed by atoms with Gasteiger partial charge in [-0.3, -0.25) is 4.79 Å². The molecule has 1 saturated carbocycles. The fourth-order valence-corrected chi connectivity index (χ4v) is 5.70. The Hall–Kier alpha value is -2.62. The van der Waals surface area contributed by atoms with Crippen LogP contribution in [0, 0.1) is 0 Å². The highest BCUT2D eigenvalue weighted by atomic mass is 32.2. The number of benzene rings is 2. The Labute approximate surface area is 201 Å². The van der Waals surface area contributed by atoms with E-state index in [0.717, 1.165) is 31.2 Å². The van der Waals surface area contributed by atoms with Crippen LogP contribution in [0.2, 0.25) is 0 Å². The maximum atomic E-state index is 12.9. The molecular weight excluding hydrogens is 454 g/mol. The molecule has 1 heterocycles. The zero-order valence-corrected chi connectivity index (χ0v) is 20.6. The zero-order chi connectivity index (χ0) is 24.2. The molecule has 0 atom stereocenters. The Morgan fingerprint density at radius 3 is 2.47 bits per heavy atom. The standard InChI is InChI=1S/C25H33N3O5S/c1-28(2)25(12-5-3-4-6-13-25)17-26-24(29)20-8-7-9-21(15-20)34(30,31)27-16-19-10-11-22-23(14-19)33-18-32-22/h7-11,14-15,27H,3-6,12-13,16-18H2,1-2H3,(H,26,29). The first kappa shape index (κ1) is 24.5. The van der Waals surface area contributed by atoms with Gasteiger partial charge in [0.1, 0.15) is 0 Å². The van der Waals surface area contributed by atoms with Crippen molar-refractivity contribution < 1.29 is 22.7 Å². The molecule has 2 aliphatic rings. The van der Waals surface area contributed by atoms with Crippen LogP contribution in [0.5, 0.6) is 11.5 Å². The lowest BCUT2D eigenvalue weighted by atomic mass is 9.88. The highest BCUT2D eigenvalue weighted by Gasteiger charge is 2.33. The fourth-order valence-electron chi connectivity index (χ4n) is 4.63. The Morgan fingerprint density at radius 1 is 1.00 bits per heavy atom. The SMILES string of the molecule is CN(C)C1(CNC(=O)c2cccc(S(=O)(=O)NCc3ccc4c(c3)OCO4)c2)CCCCCC1. The number of amides is 1. The number of nitrogens with zero attached hydrogens (tertiary/aromatic N) is 1. The third kappa shape index (κ3) is 5.54. The van der Waals surface area contributed by atoms with E-state index < -0.39 is 10.0 Å². The molecule has 0 unspecified atom stereocenters. The summed E-state index contributed by atoms with van der Waals surface area (Å²) in [7, 11) is 0.327. The topological polar surface area (TPSA) is 97.0 Å². The molecule has 1 amide bonds. The number of hydrogen-bond donors (Lipinski definition) is 2. The summed E-state index contributed by atoms with van der Waals surface area (Å²) >= 11 is 0. The van der Waals surface area contributed by atoms with E-state index in [0.29, 0.717) is 23.6 Å². The normalized spacial score (nSPS) is 17.4. The van der Waals surface area contributed by atoms with Gasteiger partial charge in [-0.2, -0.15) is 0 Å². The maximum Gasteiger partial charge on any atom is 0.251 e. The predicted molar refractivity (Wildman–Crippen MR) is 129 cm³/mol. The quantitative estimate of drug-likeness (QED) is 0.555. The third-order valence-corrected chi connectivity index (χ3v) is 8.27. The van der Waals surface area contributed by atoms with Gasteiger partial charge in [-0.05, 0) is 62.8 Å². The molecule has 1 fully saturated rings. The van der Waals surface area contributed by atoms with Crippen LogP contribution in [0.4, 0.5) is 0 Å². The molecule has 0 saturated heterocycles. The van der Waals surface area contributed by atoms with E-state index >= 15 is 0 Å². The number of nitrogens with one attached hydrogen (secondary N) is 2. The number of hydrogen-bond acceptors (Lipinski definition) is 6. The molecule has 34 heavy (non-hydrogen) atoms. The summed E-state index contributed by atoms with van der Waals surface area (Å²) in [6.07, 6.45) is 6.83. The first-order valence-electron chi connectivity index (χ1n) is 11.7. The highest BCUT2D eigenvalue weighted by Crippen LogP contribution is 2.33. The fraction of sp³-hybridized carbons (Fsp3) is 0.480. The summed E-state index contributed by atoms with van der Waals surface area (Å²) in [5.41, 5.74) is 1.01. The molecule has 8 nitrogen and oxygen atoms in total. The summed E-state index contributed by atoms with van der Waals surface area (Å²) < 4.78 is 39.0. The number of sulfonamides is 1. The predicted octanol–water partition coefficient (Wildman–Crippen LogP) is 3.28. The molecule has 9 heteroatoms. The molecule has 0 spiro atoms. The Balaban J connectivity index is 1.41. The molecule has 1 aliphatic carbocycles. The molecule has 2 N–H and O–H groups in total. The van der Waals surface area contributed by atoms with E-state index in [9.17, 15) is 13.2 Å². The molecule has 4 rings (SSSR count). The van der Waals surface area contributed by atoms with Crippen molar-refractivity contribution in [3.05, 3.63) is 53.6 Å². The maximum absolute atomic E-state index is 12.9. The zero-order valence-electron chi connectivity index (χ0n) is 19.8. The third-order valence-electron chi connectivity index (χ3n) is 6.87. The Bertz CT molecular complexity index is 1130. The number of carbonyl (C=O) groups excluding carboxylic acids is 1. The summed E-state index contributed by atoms with van der Waals surface area (Å²) in [5, 5.41) is 3.06. The van der Waals surface area contributed by atoms with Crippen LogP contribution in [-0.4, -0.2) is 52.2 Å². The molecule has 2 aromatic rings. The largest absolute Gasteiger partial charge is 0.454 e. The van der Waals surface area contributed by atoms with Gasteiger partial charge in [0.2, 0.25) is 16.8 Å². The van der Waals surface area contributed by atoms with Crippen molar-refractivity contribution in [3.63, 3.8) is 0 Å². The van der Waals surface area contributed by atoms with Crippen molar-refractivity contribution in [2.45, 2.75) is 55.5 Å². The molecule has 1 aliphatic heterocycles. The van der Waals surface area contributed by atoms with E-state index in [1.165, 1.54) is 25.0 Å². The second-order valence-electron chi connectivity index (χ2n) is 9.26. The lowest BCUT2D eigenvalue weighted by molar-refractivity contribution is 0.0869. The lowest BCUT2D eigenvalue weighted by Gasteiger charge is -2.39. The van der Waals surface area contributed by atoms with Gasteiger partial charge in [0.25, 0.3) is 5.91 Å². The van der Waals surface area contributed by atoms with Gasteiger partial charge in [0, 0.05) is 24.2 Å². The summed E-state index contributed by atoms with van der Waals surface area (Å²) in [5.74, 6) is 0.975. The molecule has 0 bridgehead atoms. The first-order chi connectivity index (χ1) is 16.3. The van der Waals surface area contributed by atoms with Crippen LogP contribution < -0.4 is 19.5 Å². The van der Waals surface area contributed by atoms with E-state index in [1.807, 2.05) is 0 Å². The Kier molecular flexibility index (Phi) is 7.45. The minimum atomic E-state index is -3.80. The van der Waals surface area contributed by atoms with Crippen molar-refractivity contribution in [1.82, 2.24) is 14.9 Å². The summed E-state index contributed by atoms with van der Waals surface area (Å²) in [6.45, 7) is 0.800. The van der Waals surface area contributed by atoms with Crippen molar-refractivity contribution in [1.29, 1.82) is 0 Å². The van der Waals surface area contributed by atoms with Gasteiger partial charge in [-0.15, -0.1) is 0 Å². The van der Waals surface area contributed by atoms with Crippen molar-refractivity contribution in [2.24, 2.45) is 0 Å². The second kappa shape index (κ2) is 10.3. The van der Waals surface area contributed by atoms with Crippen molar-refractivity contribution in [2.75, 3.05) is 27.4 Å². The van der Waals surface area contributed by atoms with Crippen LogP contribution in [-0.2, 0) is 16.6 Å². The smallest absolute Gasteiger partial charge is 0.251 e. The lowest BCUT2D eigenvalue weighted by Crippen LogP contribution is -2.52. The number of ether oxygens (including phenoxy) is 2. The minimum Gasteiger partial charge on any atom is -0.454 e. The number of carbonyl (C=O) groups is 1. The van der Waals surface area contributed by atoms with Crippen LogP contribution in [0.15, 0.2) is 47.4 Å². The molecular formula is C25H33N3O5S. The van der Waals surface area contributed by atoms with E-state index in [1.54, 1.807) is 30.3 Å². The summed E-state index contributed by atoms with van der Waals surface area (Å²) in [4.78, 5) is 15.2. The second-order valence-corrected chi connectivity index (χ2v) is 11.0. The first-order valence-corrected chi connectivity index (χ1v) is 13.2. The monoisotopic (exact) mass is 487 g/mol. The van der Waals surface area contributed by atoms with Crippen molar-refractivity contribution in [3.8, 4) is 11.5 Å². The van der Waals surface area contributed by atoms with Crippen LogP contribution >= 0.6 is 0 Å². The molecule has 184 valence electrons. The summed E-state index contributed by atoms with van der Waals surface area (Å²) in [6, 6.07) is 11.4. The minimum absolute atomic E-state index is 0.0534. The molecule has 2 aromatic carbocycles. The van der Waals surface area contributed by atoms with E-state index in [4.69, 9.17) is 9.47 Å². The number of likely N-dealkylation sites (N-methyl/N-ethyl adjacent to an activating group) is 1. The highest BCUT2D eigenvalue weighted by molar-refractivity contribution is 7.89. The molecule has 0 aromatic heterocycles. The Morgan fingerprint density at radius 2 is 1.74 bits per heavy atom. The van der Waals surface area contributed by atoms with E-state index in [2.05, 4.69) is 29.0 Å². The van der Waals surface area contributed by atoms with Gasteiger partial charge in [0.15, 0.2) is 11.5 Å². The van der Waals surface area contributed by atoms with Gasteiger partial charge in [-0.25, -0.2) is 13.1 Å². The van der Waals surface area contributed by atoms with Crippen LogP contribution in [0.3, 0.4) is 0 Å². The van der Waals surface area contributed by atoms with Gasteiger partial charge in [-0.1, -0.05) is 37.8 Å². The average Bonchev–Trinajstić information content (AvgIpc) is 3.17. The average molecular weight is 488 g/mol. The molecule has 0 radical (unpaired) electrons. The van der Waals surface area contributed by atoms with E-state index in [-0.39, 0.29) is 29.7 Å². The number of rotatable bonds is 8. The van der Waals surface area contributed by atoms with Gasteiger partial charge >= 0.3 is 0 Å². The van der Waals surface area contributed by atoms with Gasteiger partial charge < -0.3 is 19.7 Å². The number of fused-ring (bicyclic) bond motifs is 1. The van der Waals surface area contributed by atoms with Crippen molar-refractivity contribution >= 4 is 15.9 Å². The van der Waals surface area contributed by atoms with Crippen LogP contribution in [0.25, 0.3) is 0 Å². The van der Waals surface area contributed by atoms with Gasteiger partial charge in [0.05, 0.1) is 4.90 Å².